The molecule has 1 aromatic heterocycles. The number of aryl methyl sites for hydroxylation is 1. The molecule has 1 N–H and O–H groups in total. The number of para-hydroxylation sites is 1. The quantitative estimate of drug-likeness (QED) is 0.427. The van der Waals surface area contributed by atoms with Crippen LogP contribution < -0.4 is 15.1 Å². The average Bonchev–Trinajstić information content (AvgIpc) is 3.10. The van der Waals surface area contributed by atoms with Gasteiger partial charge in [-0.1, -0.05) is 35.9 Å². The van der Waals surface area contributed by atoms with Crippen LogP contribution >= 0.6 is 11.6 Å². The van der Waals surface area contributed by atoms with Crippen molar-refractivity contribution in [1.82, 2.24) is 0 Å². The lowest BCUT2D eigenvalue weighted by Crippen LogP contribution is -2.29. The number of aromatic hydroxyl groups is 1. The monoisotopic (exact) mass is 461 g/mol. The number of halogens is 1. The number of fused-ring (bicyclic) bond motifs is 2. The summed E-state index contributed by atoms with van der Waals surface area (Å²) in [7, 11) is 0. The minimum atomic E-state index is -0.785. The van der Waals surface area contributed by atoms with Crippen LogP contribution in [0.2, 0.25) is 5.02 Å². The van der Waals surface area contributed by atoms with Crippen LogP contribution in [-0.4, -0.2) is 17.6 Å². The number of rotatable bonds is 4. The number of phenols is 1. The molecule has 0 bridgehead atoms. The third-order valence-corrected chi connectivity index (χ3v) is 6.22. The highest BCUT2D eigenvalue weighted by Gasteiger charge is 2.44. The Balaban J connectivity index is 1.80. The Labute approximate surface area is 194 Å². The molecule has 1 amide bonds. The van der Waals surface area contributed by atoms with Crippen LogP contribution in [0.15, 0.2) is 69.9 Å². The number of benzene rings is 3. The molecule has 1 unspecified atom stereocenters. The van der Waals surface area contributed by atoms with Gasteiger partial charge in [0.05, 0.1) is 23.6 Å². The minimum absolute atomic E-state index is 0.00793. The Morgan fingerprint density at radius 3 is 2.64 bits per heavy atom. The van der Waals surface area contributed by atoms with Gasteiger partial charge in [0.15, 0.2) is 16.9 Å². The number of nitrogens with zero attached hydrogens (tertiary/aromatic N) is 1. The standard InChI is InChI=1S/C26H20ClNO5/c1-3-32-21-12-15(9-11-19(21)29)23-22-24(30)17-6-4-5-7-20(17)33-25(22)26(31)28(23)16-10-8-14(2)18(27)13-16/h4-13,23,29H,3H2,1-2H3. The molecular weight excluding hydrogens is 442 g/mol. The van der Waals surface area contributed by atoms with Crippen LogP contribution in [0.3, 0.4) is 0 Å². The molecule has 166 valence electrons. The number of hydrogen-bond donors (Lipinski definition) is 1. The highest BCUT2D eigenvalue weighted by atomic mass is 35.5. The molecule has 1 aliphatic rings. The summed E-state index contributed by atoms with van der Waals surface area (Å²) in [4.78, 5) is 28.7. The summed E-state index contributed by atoms with van der Waals surface area (Å²) in [6, 6.07) is 16.2. The van der Waals surface area contributed by atoms with E-state index in [1.807, 2.05) is 19.9 Å². The second-order valence-corrected chi connectivity index (χ2v) is 8.25. The van der Waals surface area contributed by atoms with E-state index in [4.69, 9.17) is 20.8 Å². The summed E-state index contributed by atoms with van der Waals surface area (Å²) in [5.41, 5.74) is 2.30. The summed E-state index contributed by atoms with van der Waals surface area (Å²) in [6.07, 6.45) is 0. The van der Waals surface area contributed by atoms with E-state index in [2.05, 4.69) is 0 Å². The molecule has 1 aliphatic heterocycles. The van der Waals surface area contributed by atoms with E-state index in [9.17, 15) is 14.7 Å². The Bertz CT molecular complexity index is 1480. The number of phenolic OH excluding ortho intramolecular Hbond substituents is 1. The number of carbonyl (C=O) groups is 1. The van der Waals surface area contributed by atoms with Crippen molar-refractivity contribution in [2.75, 3.05) is 11.5 Å². The summed E-state index contributed by atoms with van der Waals surface area (Å²) >= 11 is 6.37. The first-order valence-corrected chi connectivity index (χ1v) is 10.9. The first-order chi connectivity index (χ1) is 15.9. The predicted octanol–water partition coefficient (Wildman–Crippen LogP) is 5.61. The third-order valence-electron chi connectivity index (χ3n) is 5.81. The fourth-order valence-electron chi connectivity index (χ4n) is 4.20. The Morgan fingerprint density at radius 1 is 1.09 bits per heavy atom. The van der Waals surface area contributed by atoms with Crippen molar-refractivity contribution >= 4 is 34.2 Å². The first-order valence-electron chi connectivity index (χ1n) is 10.5. The molecule has 0 radical (unpaired) electrons. The second kappa shape index (κ2) is 7.98. The number of anilines is 1. The fraction of sp³-hybridized carbons (Fsp3) is 0.154. The molecule has 6 nitrogen and oxygen atoms in total. The molecular formula is C26H20ClNO5. The van der Waals surface area contributed by atoms with Gasteiger partial charge in [0.25, 0.3) is 5.91 Å². The number of carbonyl (C=O) groups excluding carboxylic acids is 1. The lowest BCUT2D eigenvalue weighted by atomic mass is 9.97. The Morgan fingerprint density at radius 2 is 1.88 bits per heavy atom. The molecule has 0 saturated carbocycles. The minimum Gasteiger partial charge on any atom is -0.504 e. The van der Waals surface area contributed by atoms with Crippen molar-refractivity contribution < 1.29 is 19.1 Å². The normalized spacial score (nSPS) is 15.2. The number of hydrogen-bond acceptors (Lipinski definition) is 5. The van der Waals surface area contributed by atoms with E-state index >= 15 is 0 Å². The van der Waals surface area contributed by atoms with E-state index in [0.717, 1.165) is 5.56 Å². The van der Waals surface area contributed by atoms with Crippen molar-refractivity contribution in [3.8, 4) is 11.5 Å². The van der Waals surface area contributed by atoms with Crippen LogP contribution in [0.25, 0.3) is 11.0 Å². The summed E-state index contributed by atoms with van der Waals surface area (Å²) in [5, 5.41) is 11.1. The smallest absolute Gasteiger partial charge is 0.295 e. The number of amides is 1. The van der Waals surface area contributed by atoms with E-state index in [0.29, 0.717) is 33.8 Å². The van der Waals surface area contributed by atoms with Crippen LogP contribution in [0.5, 0.6) is 11.5 Å². The van der Waals surface area contributed by atoms with E-state index in [1.165, 1.54) is 11.0 Å². The van der Waals surface area contributed by atoms with Gasteiger partial charge in [0, 0.05) is 10.7 Å². The third kappa shape index (κ3) is 3.34. The summed E-state index contributed by atoms with van der Waals surface area (Å²) < 4.78 is 11.5. The van der Waals surface area contributed by atoms with Crippen LogP contribution in [0, 0.1) is 6.92 Å². The molecule has 1 atom stereocenters. The van der Waals surface area contributed by atoms with Crippen molar-refractivity contribution in [2.45, 2.75) is 19.9 Å². The molecule has 0 aliphatic carbocycles. The Hall–Kier alpha value is -3.77. The van der Waals surface area contributed by atoms with Crippen LogP contribution in [-0.2, 0) is 0 Å². The maximum atomic E-state index is 13.6. The maximum Gasteiger partial charge on any atom is 0.295 e. The van der Waals surface area contributed by atoms with Crippen LogP contribution in [0.4, 0.5) is 5.69 Å². The van der Waals surface area contributed by atoms with Gasteiger partial charge < -0.3 is 14.3 Å². The molecule has 3 aromatic carbocycles. The molecule has 2 heterocycles. The van der Waals surface area contributed by atoms with Gasteiger partial charge >= 0.3 is 0 Å². The second-order valence-electron chi connectivity index (χ2n) is 7.84. The van der Waals surface area contributed by atoms with Gasteiger partial charge in [-0.05, 0) is 61.4 Å². The Kier molecular flexibility index (Phi) is 5.10. The summed E-state index contributed by atoms with van der Waals surface area (Å²) in [5.74, 6) is -0.209. The molecule has 5 rings (SSSR count). The van der Waals surface area contributed by atoms with Gasteiger partial charge in [-0.2, -0.15) is 0 Å². The largest absolute Gasteiger partial charge is 0.504 e. The van der Waals surface area contributed by atoms with Crippen LogP contribution in [0.1, 0.15) is 40.2 Å². The predicted molar refractivity (Wildman–Crippen MR) is 127 cm³/mol. The van der Waals surface area contributed by atoms with Crippen molar-refractivity contribution in [3.63, 3.8) is 0 Å². The summed E-state index contributed by atoms with van der Waals surface area (Å²) in [6.45, 7) is 4.03. The lowest BCUT2D eigenvalue weighted by Gasteiger charge is -2.26. The molecule has 0 fully saturated rings. The highest BCUT2D eigenvalue weighted by molar-refractivity contribution is 6.31. The zero-order valence-corrected chi connectivity index (χ0v) is 18.7. The van der Waals surface area contributed by atoms with Gasteiger partial charge in [-0.15, -0.1) is 0 Å². The highest BCUT2D eigenvalue weighted by Crippen LogP contribution is 2.43. The van der Waals surface area contributed by atoms with Crippen molar-refractivity contribution in [1.29, 1.82) is 0 Å². The lowest BCUT2D eigenvalue weighted by molar-refractivity contribution is 0.0971. The van der Waals surface area contributed by atoms with Crippen molar-refractivity contribution in [2.24, 2.45) is 0 Å². The molecule has 7 heteroatoms. The van der Waals surface area contributed by atoms with Crippen molar-refractivity contribution in [3.05, 3.63) is 98.4 Å². The number of ether oxygens (including phenoxy) is 1. The first kappa shape index (κ1) is 21.1. The zero-order valence-electron chi connectivity index (χ0n) is 18.0. The SMILES string of the molecule is CCOc1cc(C2c3c(oc4ccccc4c3=O)C(=O)N2c2ccc(C)c(Cl)c2)ccc1O. The molecule has 0 saturated heterocycles. The fourth-order valence-corrected chi connectivity index (χ4v) is 4.38. The topological polar surface area (TPSA) is 80.0 Å². The average molecular weight is 462 g/mol. The van der Waals surface area contributed by atoms with Gasteiger partial charge in [0.2, 0.25) is 5.76 Å². The van der Waals surface area contributed by atoms with E-state index in [1.54, 1.807) is 48.5 Å². The van der Waals surface area contributed by atoms with E-state index < -0.39 is 11.9 Å². The molecule has 0 spiro atoms. The molecule has 33 heavy (non-hydrogen) atoms. The van der Waals surface area contributed by atoms with E-state index in [-0.39, 0.29) is 28.3 Å². The zero-order chi connectivity index (χ0) is 23.3. The van der Waals surface area contributed by atoms with Gasteiger partial charge in [-0.25, -0.2) is 0 Å². The molecule has 4 aromatic rings. The maximum absolute atomic E-state index is 13.6. The van der Waals surface area contributed by atoms with Gasteiger partial charge in [0.1, 0.15) is 5.58 Å². The van der Waals surface area contributed by atoms with Gasteiger partial charge in [-0.3, -0.25) is 14.5 Å².